The first-order chi connectivity index (χ1) is 14.8. The molecule has 1 aromatic heterocycles. The maximum Gasteiger partial charge on any atom is 0.272 e. The number of aryl methyl sites for hydroxylation is 2. The molecule has 2 aromatic carbocycles. The lowest BCUT2D eigenvalue weighted by molar-refractivity contribution is 0.0689. The molecule has 1 aliphatic heterocycles. The summed E-state index contributed by atoms with van der Waals surface area (Å²) in [6.07, 6.45) is 1.61. The first-order valence-corrected chi connectivity index (χ1v) is 11.9. The maximum atomic E-state index is 13.2. The largest absolute Gasteiger partial charge is 0.336 e. The fourth-order valence-corrected chi connectivity index (χ4v) is 5.45. The first-order valence-electron chi connectivity index (χ1n) is 10.0. The molecule has 1 aliphatic rings. The zero-order valence-electron chi connectivity index (χ0n) is 17.4. The van der Waals surface area contributed by atoms with Gasteiger partial charge in [0.05, 0.1) is 4.90 Å². The summed E-state index contributed by atoms with van der Waals surface area (Å²) in [7, 11) is -3.59. The Morgan fingerprint density at radius 1 is 0.968 bits per heavy atom. The summed E-state index contributed by atoms with van der Waals surface area (Å²) in [6, 6.07) is 14.6. The number of sulfonamides is 1. The molecule has 0 spiro atoms. The van der Waals surface area contributed by atoms with E-state index in [-0.39, 0.29) is 19.0 Å². The Labute approximate surface area is 187 Å². The van der Waals surface area contributed by atoms with E-state index in [2.05, 4.69) is 4.98 Å². The lowest BCUT2D eigenvalue weighted by Gasteiger charge is -2.34. The minimum Gasteiger partial charge on any atom is -0.336 e. The van der Waals surface area contributed by atoms with E-state index in [9.17, 15) is 13.2 Å². The molecule has 3 aromatic rings. The molecule has 0 unspecified atom stereocenters. The normalized spacial score (nSPS) is 15.2. The van der Waals surface area contributed by atoms with Crippen LogP contribution in [0.2, 0.25) is 0 Å². The van der Waals surface area contributed by atoms with Crippen molar-refractivity contribution < 1.29 is 13.2 Å². The molecule has 0 atom stereocenters. The predicted molar refractivity (Wildman–Crippen MR) is 122 cm³/mol. The Morgan fingerprint density at radius 3 is 2.29 bits per heavy atom. The summed E-state index contributed by atoms with van der Waals surface area (Å²) in [5.41, 5.74) is 3.22. The van der Waals surface area contributed by atoms with Gasteiger partial charge in [0, 0.05) is 38.1 Å². The van der Waals surface area contributed by atoms with Crippen LogP contribution >= 0.6 is 12.2 Å². The van der Waals surface area contributed by atoms with E-state index in [0.29, 0.717) is 28.4 Å². The molecule has 1 saturated heterocycles. The zero-order chi connectivity index (χ0) is 22.2. The number of carbonyl (C=O) groups is 1. The van der Waals surface area contributed by atoms with E-state index < -0.39 is 10.0 Å². The third-order valence-electron chi connectivity index (χ3n) is 5.65. The number of nitrogens with one attached hydrogen (secondary N) is 1. The van der Waals surface area contributed by atoms with Gasteiger partial charge in [-0.3, -0.25) is 9.36 Å². The molecular formula is C22H24N4O3S2. The Kier molecular flexibility index (Phi) is 5.83. The molecule has 2 heterocycles. The van der Waals surface area contributed by atoms with Crippen LogP contribution in [0.25, 0.3) is 5.69 Å². The second-order valence-electron chi connectivity index (χ2n) is 7.59. The highest BCUT2D eigenvalue weighted by Gasteiger charge is 2.31. The summed E-state index contributed by atoms with van der Waals surface area (Å²) in [6.45, 7) is 4.98. The van der Waals surface area contributed by atoms with Gasteiger partial charge >= 0.3 is 0 Å². The van der Waals surface area contributed by atoms with E-state index in [1.807, 2.05) is 50.2 Å². The zero-order valence-corrected chi connectivity index (χ0v) is 19.0. The number of aromatic nitrogens is 2. The fourth-order valence-electron chi connectivity index (χ4n) is 3.68. The van der Waals surface area contributed by atoms with Crippen LogP contribution < -0.4 is 0 Å². The van der Waals surface area contributed by atoms with E-state index in [4.69, 9.17) is 12.2 Å². The minimum absolute atomic E-state index is 0.181. The van der Waals surface area contributed by atoms with E-state index >= 15 is 0 Å². The van der Waals surface area contributed by atoms with E-state index in [0.717, 1.165) is 16.8 Å². The Balaban J connectivity index is 1.52. The van der Waals surface area contributed by atoms with Crippen LogP contribution in [0.3, 0.4) is 0 Å². The van der Waals surface area contributed by atoms with Crippen molar-refractivity contribution in [3.63, 3.8) is 0 Å². The highest BCUT2D eigenvalue weighted by Crippen LogP contribution is 2.22. The van der Waals surface area contributed by atoms with Crippen LogP contribution in [0.1, 0.15) is 21.6 Å². The van der Waals surface area contributed by atoms with Crippen molar-refractivity contribution in [2.24, 2.45) is 0 Å². The highest BCUT2D eigenvalue weighted by molar-refractivity contribution is 7.89. The topological polar surface area (TPSA) is 78.4 Å². The molecule has 162 valence electrons. The minimum atomic E-state index is -3.59. The third kappa shape index (κ3) is 4.08. The van der Waals surface area contributed by atoms with Crippen LogP contribution in [0.4, 0.5) is 0 Å². The number of benzene rings is 2. The third-order valence-corrected chi connectivity index (χ3v) is 7.85. The monoisotopic (exact) mass is 456 g/mol. The van der Waals surface area contributed by atoms with Crippen molar-refractivity contribution in [1.82, 2.24) is 18.8 Å². The van der Waals surface area contributed by atoms with Gasteiger partial charge in [-0.15, -0.1) is 0 Å². The Hall–Kier alpha value is -2.75. The lowest BCUT2D eigenvalue weighted by Crippen LogP contribution is -2.50. The number of amides is 1. The van der Waals surface area contributed by atoms with Gasteiger partial charge in [0.2, 0.25) is 10.0 Å². The van der Waals surface area contributed by atoms with Crippen LogP contribution in [-0.4, -0.2) is 59.3 Å². The molecule has 31 heavy (non-hydrogen) atoms. The molecule has 9 heteroatoms. The van der Waals surface area contributed by atoms with Crippen LogP contribution in [0.15, 0.2) is 59.6 Å². The number of hydrogen-bond acceptors (Lipinski definition) is 4. The second kappa shape index (κ2) is 8.41. The van der Waals surface area contributed by atoms with Crippen molar-refractivity contribution in [3.05, 3.63) is 76.3 Å². The Morgan fingerprint density at radius 2 is 1.65 bits per heavy atom. The number of rotatable bonds is 4. The van der Waals surface area contributed by atoms with Crippen molar-refractivity contribution in [2.45, 2.75) is 18.7 Å². The van der Waals surface area contributed by atoms with Crippen LogP contribution in [0.5, 0.6) is 0 Å². The molecular weight excluding hydrogens is 432 g/mol. The SMILES string of the molecule is Cc1ccc(S(=O)(=O)N2CCN(C(=O)c3c[nH]c(=S)n3-c3ccccc3)CC2)cc1C. The van der Waals surface area contributed by atoms with Crippen LogP contribution in [0, 0.1) is 18.6 Å². The van der Waals surface area contributed by atoms with E-state index in [1.54, 1.807) is 27.8 Å². The molecule has 4 rings (SSSR count). The smallest absolute Gasteiger partial charge is 0.272 e. The van der Waals surface area contributed by atoms with Crippen LogP contribution in [-0.2, 0) is 10.0 Å². The van der Waals surface area contributed by atoms with Gasteiger partial charge in [0.15, 0.2) is 4.77 Å². The maximum absolute atomic E-state index is 13.2. The number of imidazole rings is 1. The molecule has 0 bridgehead atoms. The number of aromatic amines is 1. The quantitative estimate of drug-likeness (QED) is 0.611. The fraction of sp³-hybridized carbons (Fsp3) is 0.273. The van der Waals surface area contributed by atoms with Crippen molar-refractivity contribution in [2.75, 3.05) is 26.2 Å². The number of hydrogen-bond donors (Lipinski definition) is 1. The summed E-state index contributed by atoms with van der Waals surface area (Å²) in [5.74, 6) is -0.181. The molecule has 0 radical (unpaired) electrons. The van der Waals surface area contributed by atoms with Crippen molar-refractivity contribution in [1.29, 1.82) is 0 Å². The predicted octanol–water partition coefficient (Wildman–Crippen LogP) is 3.30. The van der Waals surface area contributed by atoms with Gasteiger partial charge in [0.25, 0.3) is 5.91 Å². The van der Waals surface area contributed by atoms with Gasteiger partial charge in [-0.05, 0) is 61.5 Å². The van der Waals surface area contributed by atoms with E-state index in [1.165, 1.54) is 4.31 Å². The summed E-state index contributed by atoms with van der Waals surface area (Å²) in [5, 5.41) is 0. The van der Waals surface area contributed by atoms with Gasteiger partial charge < -0.3 is 9.88 Å². The standard InChI is InChI=1S/C22H24N4O3S2/c1-16-8-9-19(14-17(16)2)31(28,29)25-12-10-24(11-13-25)21(27)20-15-23-22(30)26(20)18-6-4-3-5-7-18/h3-9,14-15H,10-13H2,1-2H3,(H,23,30). The summed E-state index contributed by atoms with van der Waals surface area (Å²) >= 11 is 5.37. The number of H-pyrrole nitrogens is 1. The summed E-state index contributed by atoms with van der Waals surface area (Å²) in [4.78, 5) is 18.1. The molecule has 1 fully saturated rings. The molecule has 1 amide bonds. The lowest BCUT2D eigenvalue weighted by atomic mass is 10.1. The molecule has 0 saturated carbocycles. The highest BCUT2D eigenvalue weighted by atomic mass is 32.2. The van der Waals surface area contributed by atoms with Crippen molar-refractivity contribution >= 4 is 28.1 Å². The van der Waals surface area contributed by atoms with Gasteiger partial charge in [0.1, 0.15) is 5.69 Å². The number of carbonyl (C=O) groups excluding carboxylic acids is 1. The van der Waals surface area contributed by atoms with Gasteiger partial charge in [-0.1, -0.05) is 24.3 Å². The van der Waals surface area contributed by atoms with Gasteiger partial charge in [-0.25, -0.2) is 8.42 Å². The number of para-hydroxylation sites is 1. The molecule has 0 aliphatic carbocycles. The number of nitrogens with zero attached hydrogens (tertiary/aromatic N) is 3. The average molecular weight is 457 g/mol. The average Bonchev–Trinajstić information content (AvgIpc) is 3.17. The Bertz CT molecular complexity index is 1270. The first kappa shape index (κ1) is 21.5. The summed E-state index contributed by atoms with van der Waals surface area (Å²) < 4.78 is 29.7. The second-order valence-corrected chi connectivity index (χ2v) is 9.92. The molecule has 1 N–H and O–H groups in total. The van der Waals surface area contributed by atoms with Gasteiger partial charge in [-0.2, -0.15) is 4.31 Å². The van der Waals surface area contributed by atoms with Crippen molar-refractivity contribution in [3.8, 4) is 5.69 Å². The number of piperazine rings is 1. The molecule has 7 nitrogen and oxygen atoms in total.